The first-order valence-corrected chi connectivity index (χ1v) is 4.39. The van der Waals surface area contributed by atoms with Gasteiger partial charge in [0.2, 0.25) is 0 Å². The Bertz CT molecular complexity index is 189. The van der Waals surface area contributed by atoms with Crippen LogP contribution in [-0.4, -0.2) is 17.3 Å². The molecule has 0 fully saturated rings. The van der Waals surface area contributed by atoms with Gasteiger partial charge in [-0.3, -0.25) is 0 Å². The molecule has 1 aliphatic carbocycles. The lowest BCUT2D eigenvalue weighted by molar-refractivity contribution is -0.192. The zero-order chi connectivity index (χ0) is 11.0. The van der Waals surface area contributed by atoms with E-state index in [1.165, 1.54) is 32.1 Å². The lowest BCUT2D eigenvalue weighted by atomic mass is 10.2. The standard InChI is InChI=1S/C7H12.C2HF3O2/c1-2-4-6-7-5-3-1;3-2(4,5)1(6)7/h1-2H,3-7H2;(H,6,7). The highest BCUT2D eigenvalue weighted by molar-refractivity contribution is 5.73. The van der Waals surface area contributed by atoms with E-state index in [0.717, 1.165) is 0 Å². The Morgan fingerprint density at radius 3 is 1.71 bits per heavy atom. The summed E-state index contributed by atoms with van der Waals surface area (Å²) in [5.41, 5.74) is 0. The maximum atomic E-state index is 10.6. The fourth-order valence-corrected chi connectivity index (χ4v) is 0.937. The minimum atomic E-state index is -5.08. The van der Waals surface area contributed by atoms with E-state index in [1.807, 2.05) is 0 Å². The molecule has 0 aromatic carbocycles. The van der Waals surface area contributed by atoms with Crippen LogP contribution < -0.4 is 0 Å². The Morgan fingerprint density at radius 2 is 1.43 bits per heavy atom. The first kappa shape index (κ1) is 13.0. The van der Waals surface area contributed by atoms with E-state index in [9.17, 15) is 13.2 Å². The summed E-state index contributed by atoms with van der Waals surface area (Å²) in [7, 11) is 0. The monoisotopic (exact) mass is 210 g/mol. The van der Waals surface area contributed by atoms with Crippen LogP contribution in [0.25, 0.3) is 0 Å². The lowest BCUT2D eigenvalue weighted by Gasteiger charge is -1.93. The summed E-state index contributed by atoms with van der Waals surface area (Å²) in [5, 5.41) is 7.12. The number of hydrogen-bond donors (Lipinski definition) is 1. The molecule has 1 aliphatic rings. The molecular formula is C9H13F3O2. The minimum absolute atomic E-state index is 1.32. The first-order valence-electron chi connectivity index (χ1n) is 4.39. The van der Waals surface area contributed by atoms with Gasteiger partial charge in [-0.05, 0) is 25.7 Å². The molecule has 82 valence electrons. The minimum Gasteiger partial charge on any atom is -0.475 e. The van der Waals surface area contributed by atoms with E-state index in [-0.39, 0.29) is 0 Å². The van der Waals surface area contributed by atoms with E-state index in [0.29, 0.717) is 0 Å². The molecule has 0 unspecified atom stereocenters. The van der Waals surface area contributed by atoms with Crippen molar-refractivity contribution in [3.63, 3.8) is 0 Å². The van der Waals surface area contributed by atoms with Crippen LogP contribution in [0.5, 0.6) is 0 Å². The van der Waals surface area contributed by atoms with Gasteiger partial charge in [0, 0.05) is 0 Å². The van der Waals surface area contributed by atoms with Gasteiger partial charge in [-0.1, -0.05) is 18.6 Å². The van der Waals surface area contributed by atoms with E-state index in [4.69, 9.17) is 9.90 Å². The van der Waals surface area contributed by atoms with Crippen LogP contribution in [0.2, 0.25) is 0 Å². The van der Waals surface area contributed by atoms with Crippen LogP contribution in [0.4, 0.5) is 13.2 Å². The molecule has 0 saturated carbocycles. The van der Waals surface area contributed by atoms with Gasteiger partial charge < -0.3 is 5.11 Å². The predicted molar refractivity (Wildman–Crippen MR) is 45.9 cm³/mol. The molecule has 0 atom stereocenters. The SMILES string of the molecule is C1=CCCCCC1.O=C(O)C(F)(F)F. The third-order valence-electron chi connectivity index (χ3n) is 1.65. The van der Waals surface area contributed by atoms with Crippen LogP contribution in [0.3, 0.4) is 0 Å². The fourth-order valence-electron chi connectivity index (χ4n) is 0.937. The number of carboxylic acid groups (broad SMARTS) is 1. The fraction of sp³-hybridized carbons (Fsp3) is 0.667. The molecule has 0 saturated heterocycles. The quantitative estimate of drug-likeness (QED) is 0.623. The molecule has 0 aromatic rings. The molecule has 0 aliphatic heterocycles. The second kappa shape index (κ2) is 6.45. The molecule has 0 aromatic heterocycles. The molecule has 0 amide bonds. The average Bonchev–Trinajstić information content (AvgIpc) is 2.33. The van der Waals surface area contributed by atoms with Gasteiger partial charge in [0.15, 0.2) is 0 Å². The van der Waals surface area contributed by atoms with Gasteiger partial charge in [-0.15, -0.1) is 0 Å². The summed E-state index contributed by atoms with van der Waals surface area (Å²) in [5.74, 6) is -2.76. The smallest absolute Gasteiger partial charge is 0.475 e. The van der Waals surface area contributed by atoms with Gasteiger partial charge in [-0.2, -0.15) is 13.2 Å². The summed E-state index contributed by atoms with van der Waals surface area (Å²) in [6.45, 7) is 0. The van der Waals surface area contributed by atoms with Crippen LogP contribution in [0.15, 0.2) is 12.2 Å². The van der Waals surface area contributed by atoms with Crippen molar-refractivity contribution in [1.82, 2.24) is 0 Å². The second-order valence-electron chi connectivity index (χ2n) is 2.91. The Kier molecular flexibility index (Phi) is 5.99. The second-order valence-corrected chi connectivity index (χ2v) is 2.91. The van der Waals surface area contributed by atoms with Crippen molar-refractivity contribution in [2.24, 2.45) is 0 Å². The highest BCUT2D eigenvalue weighted by Crippen LogP contribution is 2.13. The average molecular weight is 210 g/mol. The van der Waals surface area contributed by atoms with Crippen molar-refractivity contribution < 1.29 is 23.1 Å². The lowest BCUT2D eigenvalue weighted by Crippen LogP contribution is -2.21. The molecule has 1 rings (SSSR count). The summed E-state index contributed by atoms with van der Waals surface area (Å²) >= 11 is 0. The maximum Gasteiger partial charge on any atom is 0.490 e. The predicted octanol–water partition coefficient (Wildman–Crippen LogP) is 3.14. The van der Waals surface area contributed by atoms with E-state index >= 15 is 0 Å². The number of halogens is 3. The highest BCUT2D eigenvalue weighted by atomic mass is 19.4. The number of aliphatic carboxylic acids is 1. The summed E-state index contributed by atoms with van der Waals surface area (Å²) in [6.07, 6.45) is 6.42. The Morgan fingerprint density at radius 1 is 1.07 bits per heavy atom. The van der Waals surface area contributed by atoms with E-state index < -0.39 is 12.1 Å². The molecule has 0 bridgehead atoms. The number of rotatable bonds is 0. The van der Waals surface area contributed by atoms with Crippen molar-refractivity contribution in [3.05, 3.63) is 12.2 Å². The van der Waals surface area contributed by atoms with Gasteiger partial charge in [0.1, 0.15) is 0 Å². The van der Waals surface area contributed by atoms with E-state index in [1.54, 1.807) is 0 Å². The van der Waals surface area contributed by atoms with Crippen molar-refractivity contribution in [2.45, 2.75) is 38.3 Å². The number of carbonyl (C=O) groups is 1. The van der Waals surface area contributed by atoms with Crippen LogP contribution in [-0.2, 0) is 4.79 Å². The Hall–Kier alpha value is -1.00. The summed E-state index contributed by atoms with van der Waals surface area (Å²) < 4.78 is 31.7. The molecule has 14 heavy (non-hydrogen) atoms. The van der Waals surface area contributed by atoms with Gasteiger partial charge >= 0.3 is 12.1 Å². The number of carboxylic acids is 1. The molecule has 0 radical (unpaired) electrons. The topological polar surface area (TPSA) is 37.3 Å². The zero-order valence-corrected chi connectivity index (χ0v) is 7.68. The Balaban J connectivity index is 0.000000241. The third-order valence-corrected chi connectivity index (χ3v) is 1.65. The molecule has 2 nitrogen and oxygen atoms in total. The number of allylic oxidation sites excluding steroid dienone is 2. The van der Waals surface area contributed by atoms with Crippen molar-refractivity contribution >= 4 is 5.97 Å². The summed E-state index contributed by atoms with van der Waals surface area (Å²) in [6, 6.07) is 0. The van der Waals surface area contributed by atoms with Crippen LogP contribution in [0, 0.1) is 0 Å². The summed E-state index contributed by atoms with van der Waals surface area (Å²) in [4.78, 5) is 8.90. The van der Waals surface area contributed by atoms with Gasteiger partial charge in [-0.25, -0.2) is 4.79 Å². The number of hydrogen-bond acceptors (Lipinski definition) is 1. The normalized spacial score (nSPS) is 16.5. The Labute approximate surface area is 80.4 Å². The largest absolute Gasteiger partial charge is 0.490 e. The maximum absolute atomic E-state index is 10.6. The van der Waals surface area contributed by atoms with Crippen LogP contribution in [0.1, 0.15) is 32.1 Å². The molecular weight excluding hydrogens is 197 g/mol. The van der Waals surface area contributed by atoms with Gasteiger partial charge in [0.25, 0.3) is 0 Å². The molecule has 1 N–H and O–H groups in total. The van der Waals surface area contributed by atoms with Crippen molar-refractivity contribution in [1.29, 1.82) is 0 Å². The highest BCUT2D eigenvalue weighted by Gasteiger charge is 2.38. The third kappa shape index (κ3) is 7.64. The molecule has 0 heterocycles. The van der Waals surface area contributed by atoms with Crippen molar-refractivity contribution in [3.8, 4) is 0 Å². The molecule has 5 heteroatoms. The van der Waals surface area contributed by atoms with Crippen molar-refractivity contribution in [2.75, 3.05) is 0 Å². The van der Waals surface area contributed by atoms with E-state index in [2.05, 4.69) is 12.2 Å². The molecule has 0 spiro atoms. The van der Waals surface area contributed by atoms with Gasteiger partial charge in [0.05, 0.1) is 0 Å². The van der Waals surface area contributed by atoms with Crippen LogP contribution >= 0.6 is 0 Å². The first-order chi connectivity index (χ1) is 6.44. The number of alkyl halides is 3. The zero-order valence-electron chi connectivity index (χ0n) is 7.68.